The Labute approximate surface area is 118 Å². The van der Waals surface area contributed by atoms with Crippen LogP contribution in [-0.4, -0.2) is 42.1 Å². The number of hydrogen-bond acceptors (Lipinski definition) is 5. The molecular weight excluding hydrogens is 256 g/mol. The summed E-state index contributed by atoms with van der Waals surface area (Å²) in [6.45, 7) is 5.48. The second kappa shape index (κ2) is 4.72. The molecule has 1 atom stereocenters. The number of fused-ring (bicyclic) bond motifs is 1. The average molecular weight is 278 g/mol. The summed E-state index contributed by atoms with van der Waals surface area (Å²) in [6.07, 6.45) is 5.36. The molecule has 2 aliphatic heterocycles. The number of hydrogen-bond donors (Lipinski definition) is 1. The number of nitrogens with two attached hydrogens (primary N) is 1. The zero-order valence-electron chi connectivity index (χ0n) is 11.3. The van der Waals surface area contributed by atoms with Crippen LogP contribution in [0.4, 0.5) is 5.13 Å². The number of rotatable bonds is 3. The minimum atomic E-state index is 0.660. The van der Waals surface area contributed by atoms with Crippen LogP contribution in [-0.2, 0) is 6.54 Å². The van der Waals surface area contributed by atoms with E-state index in [9.17, 15) is 0 Å². The Kier molecular flexibility index (Phi) is 3.01. The highest BCUT2D eigenvalue weighted by atomic mass is 32.1. The molecular formula is C14H22N4S. The van der Waals surface area contributed by atoms with Crippen molar-refractivity contribution in [3.05, 3.63) is 10.6 Å². The van der Waals surface area contributed by atoms with E-state index in [4.69, 9.17) is 10.7 Å². The van der Waals surface area contributed by atoms with E-state index in [0.29, 0.717) is 6.54 Å². The third-order valence-electron chi connectivity index (χ3n) is 4.72. The second-order valence-corrected chi connectivity index (χ2v) is 7.12. The van der Waals surface area contributed by atoms with Crippen LogP contribution in [0.5, 0.6) is 0 Å². The molecule has 1 aromatic rings. The van der Waals surface area contributed by atoms with Crippen molar-refractivity contribution in [2.45, 2.75) is 44.2 Å². The lowest BCUT2D eigenvalue weighted by Crippen LogP contribution is -2.50. The van der Waals surface area contributed by atoms with Gasteiger partial charge in [0.2, 0.25) is 0 Å². The Hall–Kier alpha value is -0.650. The third kappa shape index (κ3) is 2.18. The van der Waals surface area contributed by atoms with Gasteiger partial charge >= 0.3 is 0 Å². The van der Waals surface area contributed by atoms with Gasteiger partial charge in [-0.1, -0.05) is 0 Å². The molecule has 1 saturated carbocycles. The van der Waals surface area contributed by atoms with E-state index in [1.165, 1.54) is 61.0 Å². The van der Waals surface area contributed by atoms with E-state index < -0.39 is 0 Å². The third-order valence-corrected chi connectivity index (χ3v) is 5.88. The minimum Gasteiger partial charge on any atom is -0.345 e. The molecule has 3 aliphatic rings. The van der Waals surface area contributed by atoms with Gasteiger partial charge in [-0.05, 0) is 32.2 Å². The monoisotopic (exact) mass is 278 g/mol. The van der Waals surface area contributed by atoms with Crippen molar-refractivity contribution in [2.24, 2.45) is 5.73 Å². The number of piperazine rings is 1. The van der Waals surface area contributed by atoms with E-state index in [-0.39, 0.29) is 0 Å². The smallest absolute Gasteiger partial charge is 0.185 e. The number of aromatic nitrogens is 1. The number of nitrogens with zero attached hydrogens (tertiary/aromatic N) is 3. The van der Waals surface area contributed by atoms with Crippen molar-refractivity contribution in [3.8, 4) is 0 Å². The lowest BCUT2D eigenvalue weighted by Gasteiger charge is -2.37. The van der Waals surface area contributed by atoms with E-state index in [1.807, 2.05) is 11.3 Å². The Morgan fingerprint density at radius 1 is 1.21 bits per heavy atom. The molecule has 4 rings (SSSR count). The van der Waals surface area contributed by atoms with Crippen LogP contribution in [0.25, 0.3) is 0 Å². The van der Waals surface area contributed by atoms with Crippen LogP contribution >= 0.6 is 11.3 Å². The van der Waals surface area contributed by atoms with Gasteiger partial charge in [0.1, 0.15) is 0 Å². The van der Waals surface area contributed by atoms with Gasteiger partial charge in [-0.25, -0.2) is 4.98 Å². The van der Waals surface area contributed by atoms with Crippen molar-refractivity contribution >= 4 is 16.5 Å². The highest BCUT2D eigenvalue weighted by Crippen LogP contribution is 2.44. The molecule has 19 heavy (non-hydrogen) atoms. The zero-order chi connectivity index (χ0) is 12.8. The van der Waals surface area contributed by atoms with Gasteiger partial charge in [-0.15, -0.1) is 11.3 Å². The van der Waals surface area contributed by atoms with Crippen molar-refractivity contribution in [2.75, 3.05) is 31.1 Å². The fourth-order valence-corrected chi connectivity index (χ4v) is 4.53. The molecule has 2 N–H and O–H groups in total. The number of anilines is 1. The highest BCUT2D eigenvalue weighted by molar-refractivity contribution is 7.15. The SMILES string of the molecule is NCc1sc(N2CCN3CCCC3C2)nc1C1CC1. The van der Waals surface area contributed by atoms with Gasteiger partial charge in [0.15, 0.2) is 5.13 Å². The maximum Gasteiger partial charge on any atom is 0.185 e. The Morgan fingerprint density at radius 3 is 2.89 bits per heavy atom. The lowest BCUT2D eigenvalue weighted by atomic mass is 10.2. The molecule has 1 unspecified atom stereocenters. The highest BCUT2D eigenvalue weighted by Gasteiger charge is 2.34. The van der Waals surface area contributed by atoms with Gasteiger partial charge in [0.05, 0.1) is 5.69 Å². The van der Waals surface area contributed by atoms with Gasteiger partial charge < -0.3 is 10.6 Å². The standard InChI is InChI=1S/C14H22N4S/c15-8-12-13(10-3-4-10)16-14(19-12)18-7-6-17-5-1-2-11(17)9-18/h10-11H,1-9,15H2. The van der Waals surface area contributed by atoms with Crippen LogP contribution < -0.4 is 10.6 Å². The molecule has 0 spiro atoms. The van der Waals surface area contributed by atoms with E-state index in [0.717, 1.165) is 18.5 Å². The summed E-state index contributed by atoms with van der Waals surface area (Å²) in [5.41, 5.74) is 7.20. The van der Waals surface area contributed by atoms with Crippen molar-refractivity contribution in [1.29, 1.82) is 0 Å². The number of thiazole rings is 1. The first-order valence-corrected chi connectivity index (χ1v) is 8.35. The maximum absolute atomic E-state index is 5.89. The fourth-order valence-electron chi connectivity index (χ4n) is 3.47. The zero-order valence-corrected chi connectivity index (χ0v) is 12.2. The first-order chi connectivity index (χ1) is 9.35. The topological polar surface area (TPSA) is 45.4 Å². The molecule has 1 aliphatic carbocycles. The molecule has 0 amide bonds. The summed E-state index contributed by atoms with van der Waals surface area (Å²) in [5, 5.41) is 1.23. The lowest BCUT2D eigenvalue weighted by molar-refractivity contribution is 0.231. The van der Waals surface area contributed by atoms with Crippen LogP contribution in [0.2, 0.25) is 0 Å². The quantitative estimate of drug-likeness (QED) is 0.915. The van der Waals surface area contributed by atoms with Crippen molar-refractivity contribution in [1.82, 2.24) is 9.88 Å². The Morgan fingerprint density at radius 2 is 2.11 bits per heavy atom. The van der Waals surface area contributed by atoms with Gasteiger partial charge in [0.25, 0.3) is 0 Å². The molecule has 3 fully saturated rings. The first kappa shape index (κ1) is 12.1. The normalized spacial score (nSPS) is 27.8. The van der Waals surface area contributed by atoms with Gasteiger partial charge in [-0.3, -0.25) is 4.90 Å². The van der Waals surface area contributed by atoms with Gasteiger partial charge in [-0.2, -0.15) is 0 Å². The minimum absolute atomic E-state index is 0.660. The molecule has 5 heteroatoms. The summed E-state index contributed by atoms with van der Waals surface area (Å²) in [5.74, 6) is 0.719. The predicted molar refractivity (Wildman–Crippen MR) is 78.8 cm³/mol. The maximum atomic E-state index is 5.89. The van der Waals surface area contributed by atoms with E-state index >= 15 is 0 Å². The molecule has 104 valence electrons. The molecule has 3 heterocycles. The summed E-state index contributed by atoms with van der Waals surface area (Å²) < 4.78 is 0. The molecule has 2 saturated heterocycles. The van der Waals surface area contributed by atoms with E-state index in [1.54, 1.807) is 0 Å². The summed E-state index contributed by atoms with van der Waals surface area (Å²) >= 11 is 1.84. The van der Waals surface area contributed by atoms with Crippen LogP contribution in [0, 0.1) is 0 Å². The molecule has 0 bridgehead atoms. The molecule has 0 aromatic carbocycles. The van der Waals surface area contributed by atoms with Crippen LogP contribution in [0.1, 0.15) is 42.2 Å². The van der Waals surface area contributed by atoms with Gasteiger partial charge in [0, 0.05) is 43.0 Å². The fraction of sp³-hybridized carbons (Fsp3) is 0.786. The summed E-state index contributed by atoms with van der Waals surface area (Å²) in [6, 6.07) is 0.767. The van der Waals surface area contributed by atoms with Crippen LogP contribution in [0.3, 0.4) is 0 Å². The predicted octanol–water partition coefficient (Wildman–Crippen LogP) is 1.76. The van der Waals surface area contributed by atoms with Crippen molar-refractivity contribution < 1.29 is 0 Å². The molecule has 1 aromatic heterocycles. The Bertz CT molecular complexity index is 468. The van der Waals surface area contributed by atoms with Crippen LogP contribution in [0.15, 0.2) is 0 Å². The summed E-state index contributed by atoms with van der Waals surface area (Å²) in [4.78, 5) is 11.4. The summed E-state index contributed by atoms with van der Waals surface area (Å²) in [7, 11) is 0. The first-order valence-electron chi connectivity index (χ1n) is 7.54. The molecule has 0 radical (unpaired) electrons. The van der Waals surface area contributed by atoms with Crippen molar-refractivity contribution in [3.63, 3.8) is 0 Å². The average Bonchev–Trinajstić information content (AvgIpc) is 3.03. The largest absolute Gasteiger partial charge is 0.345 e. The Balaban J connectivity index is 1.55. The second-order valence-electron chi connectivity index (χ2n) is 6.06. The molecule has 4 nitrogen and oxygen atoms in total. The van der Waals surface area contributed by atoms with E-state index in [2.05, 4.69) is 9.80 Å².